The van der Waals surface area contributed by atoms with E-state index in [-0.39, 0.29) is 31.0 Å². The fourth-order valence-corrected chi connectivity index (χ4v) is 1.39. The Balaban J connectivity index is 2.73. The van der Waals surface area contributed by atoms with Gasteiger partial charge in [-0.25, -0.2) is 8.78 Å². The summed E-state index contributed by atoms with van der Waals surface area (Å²) in [4.78, 5) is 22.1. The average molecular weight is 272 g/mol. The molecule has 0 aliphatic rings. The van der Waals surface area contributed by atoms with Crippen LogP contribution in [0.25, 0.3) is 0 Å². The van der Waals surface area contributed by atoms with Crippen LogP contribution >= 0.6 is 0 Å². The number of halogens is 2. The van der Waals surface area contributed by atoms with E-state index in [4.69, 9.17) is 10.5 Å². The zero-order valence-corrected chi connectivity index (χ0v) is 10.3. The zero-order chi connectivity index (χ0) is 14.4. The maximum absolute atomic E-state index is 13.6. The normalized spacial score (nSPS) is 10.3. The van der Waals surface area contributed by atoms with E-state index in [1.54, 1.807) is 0 Å². The molecule has 5 nitrogen and oxygen atoms in total. The number of primary amides is 1. The van der Waals surface area contributed by atoms with Crippen molar-refractivity contribution in [2.24, 2.45) is 5.73 Å². The SMILES string of the molecule is COCCC(=O)NCc1ccc(C(N)=O)c(F)c1F. The Hall–Kier alpha value is -2.02. The summed E-state index contributed by atoms with van der Waals surface area (Å²) in [7, 11) is 1.45. The monoisotopic (exact) mass is 272 g/mol. The third kappa shape index (κ3) is 3.99. The molecule has 1 rings (SSSR count). The number of nitrogens with two attached hydrogens (primary N) is 1. The van der Waals surface area contributed by atoms with Gasteiger partial charge in [0.25, 0.3) is 5.91 Å². The molecule has 0 saturated carbocycles. The van der Waals surface area contributed by atoms with Crippen molar-refractivity contribution in [1.29, 1.82) is 0 Å². The van der Waals surface area contributed by atoms with Gasteiger partial charge in [-0.15, -0.1) is 0 Å². The molecule has 0 aromatic heterocycles. The lowest BCUT2D eigenvalue weighted by Gasteiger charge is -2.08. The predicted octanol–water partition coefficient (Wildman–Crippen LogP) is 0.716. The van der Waals surface area contributed by atoms with Crippen LogP contribution in [0.5, 0.6) is 0 Å². The van der Waals surface area contributed by atoms with Crippen molar-refractivity contribution in [3.05, 3.63) is 34.9 Å². The summed E-state index contributed by atoms with van der Waals surface area (Å²) in [6.45, 7) is 0.0631. The zero-order valence-electron chi connectivity index (χ0n) is 10.3. The highest BCUT2D eigenvalue weighted by atomic mass is 19.2. The van der Waals surface area contributed by atoms with Gasteiger partial charge in [0.05, 0.1) is 12.2 Å². The molecule has 3 N–H and O–H groups in total. The maximum atomic E-state index is 13.6. The minimum Gasteiger partial charge on any atom is -0.384 e. The summed E-state index contributed by atoms with van der Waals surface area (Å²) >= 11 is 0. The summed E-state index contributed by atoms with van der Waals surface area (Å²) in [6.07, 6.45) is 0.125. The van der Waals surface area contributed by atoms with E-state index >= 15 is 0 Å². The van der Waals surface area contributed by atoms with Gasteiger partial charge in [0.15, 0.2) is 11.6 Å². The molecule has 19 heavy (non-hydrogen) atoms. The lowest BCUT2D eigenvalue weighted by molar-refractivity contribution is -0.122. The van der Waals surface area contributed by atoms with Crippen LogP contribution in [0.1, 0.15) is 22.3 Å². The molecule has 1 aromatic rings. The van der Waals surface area contributed by atoms with Crippen LogP contribution in [0.2, 0.25) is 0 Å². The van der Waals surface area contributed by atoms with E-state index in [0.717, 1.165) is 6.07 Å². The summed E-state index contributed by atoms with van der Waals surface area (Å²) in [5, 5.41) is 2.41. The largest absolute Gasteiger partial charge is 0.384 e. The van der Waals surface area contributed by atoms with Crippen LogP contribution in [-0.4, -0.2) is 25.5 Å². The van der Waals surface area contributed by atoms with Gasteiger partial charge >= 0.3 is 0 Å². The van der Waals surface area contributed by atoms with Crippen LogP contribution in [0.3, 0.4) is 0 Å². The third-order valence-corrected chi connectivity index (χ3v) is 2.44. The number of benzene rings is 1. The first kappa shape index (κ1) is 15.0. The second-order valence-electron chi connectivity index (χ2n) is 3.78. The van der Waals surface area contributed by atoms with Crippen molar-refractivity contribution in [3.63, 3.8) is 0 Å². The fraction of sp³-hybridized carbons (Fsp3) is 0.333. The molecule has 0 fully saturated rings. The molecule has 7 heteroatoms. The first-order chi connectivity index (χ1) is 8.97. The maximum Gasteiger partial charge on any atom is 0.251 e. The fourth-order valence-electron chi connectivity index (χ4n) is 1.39. The lowest BCUT2D eigenvalue weighted by Crippen LogP contribution is -2.25. The molecule has 0 unspecified atom stereocenters. The van der Waals surface area contributed by atoms with E-state index in [1.165, 1.54) is 13.2 Å². The van der Waals surface area contributed by atoms with Gasteiger partial charge in [0, 0.05) is 25.6 Å². The lowest BCUT2D eigenvalue weighted by atomic mass is 10.1. The van der Waals surface area contributed by atoms with Gasteiger partial charge in [-0.05, 0) is 6.07 Å². The minimum atomic E-state index is -1.31. The molecule has 0 heterocycles. The van der Waals surface area contributed by atoms with Gasteiger partial charge < -0.3 is 15.8 Å². The minimum absolute atomic E-state index is 0.0618. The Morgan fingerprint density at radius 1 is 1.32 bits per heavy atom. The second-order valence-corrected chi connectivity index (χ2v) is 3.78. The van der Waals surface area contributed by atoms with Gasteiger partial charge in [0.2, 0.25) is 5.91 Å². The molecule has 0 spiro atoms. The van der Waals surface area contributed by atoms with Gasteiger partial charge in [-0.1, -0.05) is 6.07 Å². The first-order valence-electron chi connectivity index (χ1n) is 5.49. The quantitative estimate of drug-likeness (QED) is 0.800. The van der Waals surface area contributed by atoms with Crippen LogP contribution < -0.4 is 11.1 Å². The molecule has 0 radical (unpaired) electrons. The molecule has 2 amide bonds. The number of hydrogen-bond donors (Lipinski definition) is 2. The number of ether oxygens (including phenoxy) is 1. The van der Waals surface area contributed by atoms with Crippen molar-refractivity contribution in [3.8, 4) is 0 Å². The van der Waals surface area contributed by atoms with Crippen molar-refractivity contribution >= 4 is 11.8 Å². The van der Waals surface area contributed by atoms with E-state index in [0.29, 0.717) is 0 Å². The number of carbonyl (C=O) groups is 2. The molecule has 0 bridgehead atoms. The van der Waals surface area contributed by atoms with Crippen molar-refractivity contribution in [2.75, 3.05) is 13.7 Å². The molecular weight excluding hydrogens is 258 g/mol. The molecule has 104 valence electrons. The highest BCUT2D eigenvalue weighted by molar-refractivity contribution is 5.93. The molecule has 0 atom stereocenters. The number of amides is 2. The third-order valence-electron chi connectivity index (χ3n) is 2.44. The van der Waals surface area contributed by atoms with E-state index in [9.17, 15) is 18.4 Å². The number of hydrogen-bond acceptors (Lipinski definition) is 3. The Morgan fingerprint density at radius 2 is 2.00 bits per heavy atom. The van der Waals surface area contributed by atoms with Crippen LogP contribution in [0, 0.1) is 11.6 Å². The highest BCUT2D eigenvalue weighted by Gasteiger charge is 2.16. The number of nitrogens with one attached hydrogen (secondary N) is 1. The summed E-state index contributed by atoms with van der Waals surface area (Å²) in [5.74, 6) is -3.90. The smallest absolute Gasteiger partial charge is 0.251 e. The highest BCUT2D eigenvalue weighted by Crippen LogP contribution is 2.16. The van der Waals surface area contributed by atoms with Gasteiger partial charge in [-0.3, -0.25) is 9.59 Å². The summed E-state index contributed by atoms with van der Waals surface area (Å²) in [5.41, 5.74) is 4.30. The van der Waals surface area contributed by atoms with Crippen LogP contribution in [-0.2, 0) is 16.1 Å². The predicted molar refractivity (Wildman–Crippen MR) is 63.2 cm³/mol. The van der Waals surface area contributed by atoms with Crippen molar-refractivity contribution in [1.82, 2.24) is 5.32 Å². The van der Waals surface area contributed by atoms with Crippen LogP contribution in [0.4, 0.5) is 8.78 Å². The Morgan fingerprint density at radius 3 is 2.58 bits per heavy atom. The number of methoxy groups -OCH3 is 1. The standard InChI is InChI=1S/C12H14F2N2O3/c1-19-5-4-9(17)16-6-7-2-3-8(12(15)18)11(14)10(7)13/h2-3H,4-6H2,1H3,(H2,15,18)(H,16,17). The molecule has 0 aliphatic heterocycles. The van der Waals surface area contributed by atoms with Crippen molar-refractivity contribution in [2.45, 2.75) is 13.0 Å². The Kier molecular flexibility index (Phi) is 5.37. The second kappa shape index (κ2) is 6.79. The average Bonchev–Trinajstić information content (AvgIpc) is 2.37. The first-order valence-corrected chi connectivity index (χ1v) is 5.49. The Labute approximate surface area is 108 Å². The summed E-state index contributed by atoms with van der Waals surface area (Å²) < 4.78 is 31.7. The van der Waals surface area contributed by atoms with Gasteiger partial charge in [0.1, 0.15) is 0 Å². The number of rotatable bonds is 6. The van der Waals surface area contributed by atoms with Gasteiger partial charge in [-0.2, -0.15) is 0 Å². The molecular formula is C12H14F2N2O3. The number of carbonyl (C=O) groups excluding carboxylic acids is 2. The Bertz CT molecular complexity index is 492. The summed E-state index contributed by atoms with van der Waals surface area (Å²) in [6, 6.07) is 2.28. The van der Waals surface area contributed by atoms with Crippen molar-refractivity contribution < 1.29 is 23.1 Å². The van der Waals surface area contributed by atoms with E-state index < -0.39 is 23.1 Å². The molecule has 0 saturated heterocycles. The molecule has 1 aromatic carbocycles. The topological polar surface area (TPSA) is 81.4 Å². The van der Waals surface area contributed by atoms with E-state index in [2.05, 4.69) is 5.32 Å². The van der Waals surface area contributed by atoms with E-state index in [1.807, 2.05) is 0 Å². The molecule has 0 aliphatic carbocycles. The van der Waals surface area contributed by atoms with Crippen LogP contribution in [0.15, 0.2) is 12.1 Å².